The first-order valence-electron chi connectivity index (χ1n) is 51.6. The Hall–Kier alpha value is -17.9. The quantitative estimate of drug-likeness (QED) is 0.151. The Morgan fingerprint density at radius 3 is 0.972 bits per heavy atom. The van der Waals surface area contributed by atoms with E-state index in [4.69, 9.17) is 0 Å². The Morgan fingerprint density at radius 1 is 0.186 bits per heavy atom. The summed E-state index contributed by atoms with van der Waals surface area (Å²) in [5.41, 5.74) is 60.3. The van der Waals surface area contributed by atoms with Crippen LogP contribution in [0.15, 0.2) is 513 Å². The number of para-hydroxylation sites is 13. The summed E-state index contributed by atoms with van der Waals surface area (Å²) in [5.74, 6) is 0. The zero-order chi connectivity index (χ0) is 94.7. The maximum Gasteiger partial charge on any atom is 0.115 e. The van der Waals surface area contributed by atoms with Gasteiger partial charge < -0.3 is 47.7 Å². The number of benzene rings is 13. The van der Waals surface area contributed by atoms with Gasteiger partial charge in [0.25, 0.3) is 0 Å². The van der Waals surface area contributed by atoms with Crippen LogP contribution in [0.4, 0.5) is 51.2 Å². The van der Waals surface area contributed by atoms with Gasteiger partial charge in [-0.2, -0.15) is 0 Å². The molecule has 145 heavy (non-hydrogen) atoms. The smallest absolute Gasteiger partial charge is 0.115 e. The minimum Gasteiger partial charge on any atom is -0.329 e. The van der Waals surface area contributed by atoms with E-state index >= 15 is 0 Å². The first kappa shape index (κ1) is 81.9. The first-order chi connectivity index (χ1) is 72.1. The van der Waals surface area contributed by atoms with Crippen LogP contribution in [-0.2, 0) is 0 Å². The van der Waals surface area contributed by atoms with Crippen LogP contribution in [0.5, 0.6) is 0 Å². The highest BCUT2D eigenvalue weighted by Crippen LogP contribution is 2.64. The van der Waals surface area contributed by atoms with Gasteiger partial charge in [0.1, 0.15) is 12.1 Å². The summed E-state index contributed by atoms with van der Waals surface area (Å²) in [7, 11) is 0. The lowest BCUT2D eigenvalue weighted by Gasteiger charge is -2.46. The minimum absolute atomic E-state index is 0.194. The second-order valence-corrected chi connectivity index (χ2v) is 40.2. The summed E-state index contributed by atoms with van der Waals surface area (Å²) >= 11 is 0. The molecular weight excluding hydrogens is 1760 g/mol. The van der Waals surface area contributed by atoms with E-state index in [-0.39, 0.29) is 18.1 Å². The van der Waals surface area contributed by atoms with Gasteiger partial charge >= 0.3 is 0 Å². The van der Waals surface area contributed by atoms with Gasteiger partial charge in [-0.15, -0.1) is 0 Å². The van der Waals surface area contributed by atoms with Crippen LogP contribution < -0.4 is 29.4 Å². The van der Waals surface area contributed by atoms with E-state index in [9.17, 15) is 0 Å². The summed E-state index contributed by atoms with van der Waals surface area (Å²) < 4.78 is 9.33. The van der Waals surface area contributed by atoms with Crippen LogP contribution in [0.2, 0.25) is 0 Å². The lowest BCUT2D eigenvalue weighted by atomic mass is 9.78. The van der Waals surface area contributed by atoms with Crippen molar-refractivity contribution < 1.29 is 0 Å². The number of allylic oxidation sites excluding steroid dienone is 19. The lowest BCUT2D eigenvalue weighted by Crippen LogP contribution is -2.37. The van der Waals surface area contributed by atoms with E-state index in [2.05, 4.69) is 522 Å². The maximum atomic E-state index is 2.59. The number of hydrogen-bond acceptors (Lipinski definition) is 6. The van der Waals surface area contributed by atoms with Crippen molar-refractivity contribution in [1.29, 1.82) is 0 Å². The van der Waals surface area contributed by atoms with Gasteiger partial charge in [0.2, 0.25) is 0 Å². The van der Waals surface area contributed by atoms with Crippen molar-refractivity contribution in [2.24, 2.45) is 0 Å². The molecule has 19 aliphatic rings. The summed E-state index contributed by atoms with van der Waals surface area (Å²) in [4.78, 5) is 15.3. The first-order valence-corrected chi connectivity index (χ1v) is 51.6. The van der Waals surface area contributed by atoms with Gasteiger partial charge in [-0.1, -0.05) is 322 Å². The molecule has 10 heteroatoms. The molecule has 5 atom stereocenters. The maximum absolute atomic E-state index is 2.59. The van der Waals surface area contributed by atoms with Crippen LogP contribution in [0.3, 0.4) is 0 Å². The lowest BCUT2D eigenvalue weighted by molar-refractivity contribution is 0.672. The third kappa shape index (κ3) is 12.0. The highest BCUT2D eigenvalue weighted by atomic mass is 15.3. The fourth-order valence-electron chi connectivity index (χ4n) is 27.6. The van der Waals surface area contributed by atoms with Gasteiger partial charge in [0.15, 0.2) is 0 Å². The van der Waals surface area contributed by atoms with Gasteiger partial charge in [0.05, 0.1) is 92.4 Å². The van der Waals surface area contributed by atoms with Gasteiger partial charge in [-0.25, -0.2) is 0 Å². The molecule has 0 fully saturated rings. The van der Waals surface area contributed by atoms with E-state index in [0.29, 0.717) is 18.1 Å². The number of aromatic nitrogens is 4. The molecule has 0 bridgehead atoms. The fraction of sp³-hybridized carbons (Fsp3) is 0.0963. The second kappa shape index (κ2) is 32.3. The Bertz CT molecular complexity index is 8790. The molecule has 0 amide bonds. The van der Waals surface area contributed by atoms with Crippen LogP contribution in [0.1, 0.15) is 165 Å². The Kier molecular flexibility index (Phi) is 18.3. The predicted molar refractivity (Wildman–Crippen MR) is 593 cm³/mol. The molecule has 0 spiro atoms. The predicted octanol–water partition coefficient (Wildman–Crippen LogP) is 32.9. The number of hydrogen-bond donors (Lipinski definition) is 0. The molecule has 5 unspecified atom stereocenters. The summed E-state index contributed by atoms with van der Waals surface area (Å²) in [6.07, 6.45) is 49.0. The van der Waals surface area contributed by atoms with Crippen LogP contribution in [0.25, 0.3) is 72.9 Å². The largest absolute Gasteiger partial charge is 0.329 e. The highest BCUT2D eigenvalue weighted by molar-refractivity contribution is 6.05. The minimum atomic E-state index is 0.194. The average molecular weight is 1860 g/mol. The second-order valence-electron chi connectivity index (χ2n) is 40.2. The Balaban J connectivity index is 0.0000000792. The van der Waals surface area contributed by atoms with E-state index < -0.39 is 0 Å². The van der Waals surface area contributed by atoms with E-state index in [1.165, 1.54) is 242 Å². The third-order valence-corrected chi connectivity index (χ3v) is 33.2. The molecule has 13 aromatic carbocycles. The number of fused-ring (bicyclic) bond motifs is 63. The van der Waals surface area contributed by atoms with Gasteiger partial charge in [0, 0.05) is 115 Å². The van der Waals surface area contributed by atoms with Crippen molar-refractivity contribution in [3.05, 3.63) is 597 Å². The Morgan fingerprint density at radius 2 is 0.490 bits per heavy atom. The highest BCUT2D eigenvalue weighted by Gasteiger charge is 2.49. The SMILES string of the molecule is C1=C2C(=CC1)N1c3ccccc3C3=CCC=C3C1c1ccccc12.C1=CC2=C(C1)C1c3ccccc3C3=CCC=C3N1c1ccccc12.C1=CC2=C(C1)C1c3cccn3-c3ccccc3N1c1ccccc12.C1=CC2=C(C1)c1ccccc1N1C3=CCC=C3c3ccccc3C21.c1ccc2c(c1)-c1ccccc1N1c3ccccc3-n3cccc3C21.c1ccc2c(c1)N1c3ccccc3-n3cccc3C1c1cccn1-2. The zero-order valence-corrected chi connectivity index (χ0v) is 79.9. The average Bonchev–Trinajstić information content (AvgIpc) is 1.69. The fourth-order valence-corrected chi connectivity index (χ4v) is 27.6. The summed E-state index contributed by atoms with van der Waals surface area (Å²) in [6.45, 7) is 0. The van der Waals surface area contributed by atoms with Gasteiger partial charge in [-0.3, -0.25) is 0 Å². The number of rotatable bonds is 0. The molecule has 12 aliphatic heterocycles. The van der Waals surface area contributed by atoms with Crippen molar-refractivity contribution >= 4 is 90.2 Å². The standard InChI is InChI=1S/C23H16N2.3C23H17N.C22H16N2.C21H15N3/c1-2-10-18-16(8-1)17-9-3-4-11-19(17)25-21-13-6-5-12-20(21)24-15-7-14-22(24)23(18)25;3*1-2-9-19-15(7-1)18-11-6-14-22(18)24-21-13-4-3-8-17(21)16-10-5-12-20(16)23(19)24;1-2-10-18-16(7-1)15-8-5-9-17(15)22-21-13-6-14-23(21)19-11-3-4-12-20(19)24(18)22;1-3-9-17-15(7-1)22-13-5-11-19(22)21-20-12-6-14-23(20)16-8-2-4-10-18(16)24(17)21/h1-15,23H;1-4,7-14,23H,5-6H2;1-5,7-9,11-14,23H,6,10H2;1-5,7-11,13-14,23H,6,12H2;1-8,10-14,22H,9H2;1-14,21H. The molecule has 7 aliphatic carbocycles. The topological polar surface area (TPSA) is 39.2 Å². The van der Waals surface area contributed by atoms with Crippen LogP contribution in [-0.4, -0.2) is 18.3 Å². The molecule has 0 radical (unpaired) electrons. The third-order valence-electron chi connectivity index (χ3n) is 33.2. The molecule has 36 rings (SSSR count). The van der Waals surface area contributed by atoms with Crippen LogP contribution >= 0.6 is 0 Å². The Labute approximate surface area is 844 Å². The molecule has 4 aromatic heterocycles. The normalized spacial score (nSPS) is 19.5. The molecule has 10 nitrogen and oxygen atoms in total. The van der Waals surface area contributed by atoms with Crippen molar-refractivity contribution in [3.63, 3.8) is 0 Å². The van der Waals surface area contributed by atoms with Crippen LogP contribution in [0, 0.1) is 0 Å². The molecule has 0 saturated carbocycles. The van der Waals surface area contributed by atoms with Crippen molar-refractivity contribution in [1.82, 2.24) is 18.3 Å². The molecule has 16 heterocycles. The summed E-state index contributed by atoms with van der Waals surface area (Å²) in [5, 5.41) is 0. The van der Waals surface area contributed by atoms with Crippen molar-refractivity contribution in [2.75, 3.05) is 29.4 Å². The molecular formula is C135H98N10. The summed E-state index contributed by atoms with van der Waals surface area (Å²) in [6, 6.07) is 134. The van der Waals surface area contributed by atoms with Crippen molar-refractivity contribution in [3.8, 4) is 33.9 Å². The molecule has 0 N–H and O–H groups in total. The molecule has 17 aromatic rings. The monoisotopic (exact) mass is 1860 g/mol. The number of anilines is 9. The molecule has 0 saturated heterocycles. The van der Waals surface area contributed by atoms with Crippen molar-refractivity contribution in [2.45, 2.75) is 81.2 Å². The number of nitrogens with zero attached hydrogens (tertiary/aromatic N) is 10. The van der Waals surface area contributed by atoms with E-state index in [1.54, 1.807) is 5.57 Å². The zero-order valence-electron chi connectivity index (χ0n) is 79.9. The van der Waals surface area contributed by atoms with E-state index in [0.717, 1.165) is 44.9 Å². The molecule has 688 valence electrons. The van der Waals surface area contributed by atoms with E-state index in [1.807, 2.05) is 0 Å². The van der Waals surface area contributed by atoms with Gasteiger partial charge in [-0.05, 0) is 261 Å².